The van der Waals surface area contributed by atoms with Crippen molar-refractivity contribution >= 4 is 23.6 Å². The molecule has 1 aromatic carbocycles. The van der Waals surface area contributed by atoms with Crippen LogP contribution in [0.25, 0.3) is 0 Å². The number of carbonyl (C=O) groups excluding carboxylic acids is 4. The molecule has 3 rings (SSSR count). The highest BCUT2D eigenvalue weighted by molar-refractivity contribution is 6.24. The summed E-state index contributed by atoms with van der Waals surface area (Å²) in [5.41, 5.74) is -3.58. The number of amides is 4. The molecule has 24 heavy (non-hydrogen) atoms. The van der Waals surface area contributed by atoms with Gasteiger partial charge >= 0.3 is 6.18 Å². The molecule has 1 atom stereocenters. The number of carbonyl (C=O) groups is 4. The molecule has 6 nitrogen and oxygen atoms in total. The van der Waals surface area contributed by atoms with E-state index in [0.29, 0.717) is 12.1 Å². The van der Waals surface area contributed by atoms with Crippen molar-refractivity contribution in [3.63, 3.8) is 0 Å². The van der Waals surface area contributed by atoms with Crippen LogP contribution in [-0.4, -0.2) is 34.6 Å². The predicted molar refractivity (Wildman–Crippen MR) is 68.1 cm³/mol. The minimum Gasteiger partial charge on any atom is -0.295 e. The van der Waals surface area contributed by atoms with Crippen LogP contribution >= 0.6 is 0 Å². The van der Waals surface area contributed by atoms with Gasteiger partial charge in [0.1, 0.15) is 11.9 Å². The molecule has 10 heteroatoms. The van der Waals surface area contributed by atoms with Gasteiger partial charge in [0.2, 0.25) is 11.8 Å². The number of benzene rings is 1. The van der Waals surface area contributed by atoms with Crippen molar-refractivity contribution in [2.24, 2.45) is 0 Å². The number of hydrogen-bond acceptors (Lipinski definition) is 4. The first-order valence-corrected chi connectivity index (χ1v) is 6.74. The van der Waals surface area contributed by atoms with Crippen molar-refractivity contribution in [1.82, 2.24) is 10.2 Å². The molecule has 1 aromatic rings. The van der Waals surface area contributed by atoms with Gasteiger partial charge in [0.15, 0.2) is 0 Å². The van der Waals surface area contributed by atoms with E-state index in [1.165, 1.54) is 0 Å². The molecule has 2 heterocycles. The molecule has 0 bridgehead atoms. The monoisotopic (exact) mass is 344 g/mol. The fourth-order valence-corrected chi connectivity index (χ4v) is 2.79. The Bertz CT molecular complexity index is 803. The summed E-state index contributed by atoms with van der Waals surface area (Å²) >= 11 is 0. The van der Waals surface area contributed by atoms with Crippen LogP contribution in [0.4, 0.5) is 17.6 Å². The Hall–Kier alpha value is -2.78. The maximum absolute atomic E-state index is 13.9. The Morgan fingerprint density at radius 2 is 1.67 bits per heavy atom. The third kappa shape index (κ3) is 2.25. The third-order valence-corrected chi connectivity index (χ3v) is 3.85. The van der Waals surface area contributed by atoms with E-state index in [2.05, 4.69) is 0 Å². The molecule has 0 saturated carbocycles. The van der Waals surface area contributed by atoms with Crippen molar-refractivity contribution in [2.45, 2.75) is 25.1 Å². The molecule has 2 aliphatic rings. The largest absolute Gasteiger partial charge is 0.417 e. The average Bonchev–Trinajstić information content (AvgIpc) is 2.72. The zero-order chi connectivity index (χ0) is 17.8. The number of piperidine rings is 1. The topological polar surface area (TPSA) is 83.6 Å². The Morgan fingerprint density at radius 3 is 2.25 bits per heavy atom. The first-order chi connectivity index (χ1) is 11.1. The number of fused-ring (bicyclic) bond motifs is 1. The molecular formula is C14H8F4N2O4. The standard InChI is InChI=1S/C14H8F4N2O4/c15-6-2-1-5(14(16,17)18)9-10(6)13(24)20(12(9)23)7-3-4-8(21)19-11(7)22/h1-2,7H,3-4H2,(H,19,21,22). The zero-order valence-electron chi connectivity index (χ0n) is 11.7. The predicted octanol–water partition coefficient (Wildman–Crippen LogP) is 1.25. The normalized spacial score (nSPS) is 21.2. The lowest BCUT2D eigenvalue weighted by molar-refractivity contribution is -0.138. The summed E-state index contributed by atoms with van der Waals surface area (Å²) in [4.78, 5) is 47.8. The molecule has 0 spiro atoms. The van der Waals surface area contributed by atoms with Gasteiger partial charge in [0, 0.05) is 6.42 Å². The van der Waals surface area contributed by atoms with E-state index in [9.17, 15) is 36.7 Å². The summed E-state index contributed by atoms with van der Waals surface area (Å²) in [6, 6.07) is -0.649. The van der Waals surface area contributed by atoms with Crippen LogP contribution in [0.5, 0.6) is 0 Å². The van der Waals surface area contributed by atoms with Gasteiger partial charge in [-0.3, -0.25) is 29.4 Å². The lowest BCUT2D eigenvalue weighted by Crippen LogP contribution is -2.54. The number of rotatable bonds is 1. The van der Waals surface area contributed by atoms with E-state index < -0.39 is 58.4 Å². The number of nitrogens with zero attached hydrogens (tertiary/aromatic N) is 1. The van der Waals surface area contributed by atoms with Crippen LogP contribution in [0.1, 0.15) is 39.1 Å². The highest BCUT2D eigenvalue weighted by Crippen LogP contribution is 2.39. The van der Waals surface area contributed by atoms with Gasteiger partial charge < -0.3 is 0 Å². The Kier molecular flexibility index (Phi) is 3.43. The molecule has 1 fully saturated rings. The Labute approximate surface area is 131 Å². The number of nitrogens with one attached hydrogen (secondary N) is 1. The van der Waals surface area contributed by atoms with Crippen LogP contribution in [0.2, 0.25) is 0 Å². The smallest absolute Gasteiger partial charge is 0.295 e. The van der Waals surface area contributed by atoms with Crippen molar-refractivity contribution < 1.29 is 36.7 Å². The molecule has 4 amide bonds. The summed E-state index contributed by atoms with van der Waals surface area (Å²) in [6.45, 7) is 0. The van der Waals surface area contributed by atoms with Gasteiger partial charge in [-0.2, -0.15) is 13.2 Å². The van der Waals surface area contributed by atoms with Gasteiger partial charge in [0.05, 0.1) is 16.7 Å². The Balaban J connectivity index is 2.11. The summed E-state index contributed by atoms with van der Waals surface area (Å²) < 4.78 is 53.0. The number of halogens is 4. The quantitative estimate of drug-likeness (QED) is 0.614. The lowest BCUT2D eigenvalue weighted by atomic mass is 10.0. The third-order valence-electron chi connectivity index (χ3n) is 3.85. The highest BCUT2D eigenvalue weighted by Gasteiger charge is 2.50. The second-order valence-electron chi connectivity index (χ2n) is 5.29. The second kappa shape index (κ2) is 5.11. The molecular weight excluding hydrogens is 336 g/mol. The number of alkyl halides is 3. The van der Waals surface area contributed by atoms with E-state index in [1.807, 2.05) is 5.32 Å². The maximum Gasteiger partial charge on any atom is 0.417 e. The summed E-state index contributed by atoms with van der Waals surface area (Å²) in [7, 11) is 0. The highest BCUT2D eigenvalue weighted by atomic mass is 19.4. The first-order valence-electron chi connectivity index (χ1n) is 6.74. The van der Waals surface area contributed by atoms with Crippen LogP contribution in [0, 0.1) is 5.82 Å². The summed E-state index contributed by atoms with van der Waals surface area (Å²) in [5, 5.41) is 1.89. The van der Waals surface area contributed by atoms with Crippen LogP contribution in [0.3, 0.4) is 0 Å². The van der Waals surface area contributed by atoms with Crippen LogP contribution < -0.4 is 5.32 Å². The minimum atomic E-state index is -4.98. The second-order valence-corrected chi connectivity index (χ2v) is 5.29. The zero-order valence-corrected chi connectivity index (χ0v) is 11.7. The van der Waals surface area contributed by atoms with Crippen LogP contribution in [0.15, 0.2) is 12.1 Å². The van der Waals surface area contributed by atoms with Crippen molar-refractivity contribution in [1.29, 1.82) is 0 Å². The SMILES string of the molecule is O=C1CCC(N2C(=O)c3c(F)ccc(C(F)(F)F)c3C2=O)C(=O)N1. The number of imide groups is 2. The first kappa shape index (κ1) is 16.1. The van der Waals surface area contributed by atoms with Crippen molar-refractivity contribution in [3.8, 4) is 0 Å². The molecule has 126 valence electrons. The lowest BCUT2D eigenvalue weighted by Gasteiger charge is -2.27. The fraction of sp³-hybridized carbons (Fsp3) is 0.286. The summed E-state index contributed by atoms with van der Waals surface area (Å²) in [5.74, 6) is -5.64. The molecule has 2 aliphatic heterocycles. The van der Waals surface area contributed by atoms with E-state index in [0.717, 1.165) is 0 Å². The van der Waals surface area contributed by atoms with Crippen LogP contribution in [-0.2, 0) is 15.8 Å². The summed E-state index contributed by atoms with van der Waals surface area (Å²) in [6.07, 6.45) is -5.41. The molecule has 1 unspecified atom stereocenters. The molecule has 0 aliphatic carbocycles. The van der Waals surface area contributed by atoms with E-state index in [-0.39, 0.29) is 17.7 Å². The Morgan fingerprint density at radius 1 is 1.04 bits per heavy atom. The molecule has 0 aromatic heterocycles. The average molecular weight is 344 g/mol. The van der Waals surface area contributed by atoms with E-state index >= 15 is 0 Å². The molecule has 1 saturated heterocycles. The van der Waals surface area contributed by atoms with Gasteiger partial charge in [0.25, 0.3) is 11.8 Å². The van der Waals surface area contributed by atoms with E-state index in [1.54, 1.807) is 0 Å². The van der Waals surface area contributed by atoms with Gasteiger partial charge in [-0.15, -0.1) is 0 Å². The maximum atomic E-state index is 13.9. The minimum absolute atomic E-state index is 0.196. The molecule has 1 N–H and O–H groups in total. The van der Waals surface area contributed by atoms with Gasteiger partial charge in [-0.05, 0) is 18.6 Å². The number of hydrogen-bond donors (Lipinski definition) is 1. The van der Waals surface area contributed by atoms with E-state index in [4.69, 9.17) is 0 Å². The van der Waals surface area contributed by atoms with Crippen molar-refractivity contribution in [2.75, 3.05) is 0 Å². The van der Waals surface area contributed by atoms with Crippen molar-refractivity contribution in [3.05, 3.63) is 34.6 Å². The van der Waals surface area contributed by atoms with Gasteiger partial charge in [-0.1, -0.05) is 0 Å². The van der Waals surface area contributed by atoms with Gasteiger partial charge in [-0.25, -0.2) is 4.39 Å². The molecule has 0 radical (unpaired) electrons. The fourth-order valence-electron chi connectivity index (χ4n) is 2.79.